The number of hydrogen-bond acceptors (Lipinski definition) is 9. The van der Waals surface area contributed by atoms with Crippen LogP contribution in [0.5, 0.6) is 0 Å². The molecular weight excluding hydrogens is 528 g/mol. The van der Waals surface area contributed by atoms with Crippen LogP contribution in [0.3, 0.4) is 0 Å². The van der Waals surface area contributed by atoms with Gasteiger partial charge in [-0.25, -0.2) is 18.1 Å². The van der Waals surface area contributed by atoms with Gasteiger partial charge in [0.25, 0.3) is 0 Å². The van der Waals surface area contributed by atoms with Crippen LogP contribution in [-0.2, 0) is 29.1 Å². The summed E-state index contributed by atoms with van der Waals surface area (Å²) in [6.45, 7) is 6.99. The number of aromatic nitrogens is 2. The number of carbonyl (C=O) groups is 2. The molecule has 0 atom stereocenters. The molecule has 2 aromatic rings. The molecule has 0 spiro atoms. The Hall–Kier alpha value is -2.41. The van der Waals surface area contributed by atoms with Crippen molar-refractivity contribution in [2.75, 3.05) is 25.1 Å². The molecule has 1 aliphatic heterocycles. The van der Waals surface area contributed by atoms with E-state index in [1.165, 1.54) is 11.3 Å². The molecule has 12 heteroatoms. The topological polar surface area (TPSA) is 137 Å². The van der Waals surface area contributed by atoms with Crippen LogP contribution in [0.25, 0.3) is 10.4 Å². The van der Waals surface area contributed by atoms with Gasteiger partial charge in [-0.2, -0.15) is 0 Å². The summed E-state index contributed by atoms with van der Waals surface area (Å²) in [6.07, 6.45) is 6.13. The zero-order valence-electron chi connectivity index (χ0n) is 22.1. The normalized spacial score (nSPS) is 20.7. The summed E-state index contributed by atoms with van der Waals surface area (Å²) in [5, 5.41) is 3.38. The van der Waals surface area contributed by atoms with Crippen LogP contribution in [0.1, 0.15) is 63.3 Å². The van der Waals surface area contributed by atoms with Gasteiger partial charge in [0.05, 0.1) is 28.8 Å². The summed E-state index contributed by atoms with van der Waals surface area (Å²) in [5.74, 6) is -0.154. The number of ether oxygens (including phenoxy) is 2. The molecule has 2 aliphatic rings. The molecule has 0 bridgehead atoms. The lowest BCUT2D eigenvalue weighted by molar-refractivity contribution is -0.149. The Morgan fingerprint density at radius 3 is 2.50 bits per heavy atom. The number of esters is 1. The molecule has 1 saturated heterocycles. The Bertz CT molecular complexity index is 1250. The number of pyridine rings is 1. The number of rotatable bonds is 9. The Morgan fingerprint density at radius 2 is 1.82 bits per heavy atom. The average molecular weight is 565 g/mol. The van der Waals surface area contributed by atoms with E-state index in [2.05, 4.69) is 20.0 Å². The molecule has 2 fully saturated rings. The largest absolute Gasteiger partial charge is 0.466 e. The van der Waals surface area contributed by atoms with Crippen molar-refractivity contribution in [2.24, 2.45) is 11.8 Å². The van der Waals surface area contributed by atoms with Gasteiger partial charge in [-0.05, 0) is 71.3 Å². The Morgan fingerprint density at radius 1 is 1.11 bits per heavy atom. The maximum absolute atomic E-state index is 13.3. The van der Waals surface area contributed by atoms with Crippen molar-refractivity contribution in [3.05, 3.63) is 23.7 Å². The van der Waals surface area contributed by atoms with Gasteiger partial charge in [0.15, 0.2) is 5.13 Å². The van der Waals surface area contributed by atoms with E-state index in [0.717, 1.165) is 17.7 Å². The van der Waals surface area contributed by atoms with Gasteiger partial charge in [0.1, 0.15) is 4.90 Å². The molecule has 1 aliphatic carbocycles. The van der Waals surface area contributed by atoms with E-state index in [1.54, 1.807) is 26.1 Å². The predicted molar refractivity (Wildman–Crippen MR) is 144 cm³/mol. The molecule has 10 nitrogen and oxygen atoms in total. The molecule has 208 valence electrons. The lowest BCUT2D eigenvalue weighted by atomic mass is 9.86. The van der Waals surface area contributed by atoms with Gasteiger partial charge in [-0.3, -0.25) is 14.6 Å². The zero-order chi connectivity index (χ0) is 27.3. The van der Waals surface area contributed by atoms with Gasteiger partial charge in [-0.15, -0.1) is 0 Å². The third kappa shape index (κ3) is 7.16. The summed E-state index contributed by atoms with van der Waals surface area (Å²) < 4.78 is 39.9. The van der Waals surface area contributed by atoms with E-state index < -0.39 is 10.0 Å². The maximum atomic E-state index is 13.3. The standard InChI is InChI=1S/C26H36N4O6S2/c1-4-36-25(32)19-5-7-21(8-6-19)30-38(33,34)22-14-20(15-27-16(22)2)24-17(3)28-26(37-24)29-23(31)13-18-9-11-35-12-10-18/h14-15,18-19,21,30H,4-13H2,1-3H3,(H,28,29,31)/t19-,21-. The first-order valence-electron chi connectivity index (χ1n) is 13.2. The van der Waals surface area contributed by atoms with Crippen molar-refractivity contribution in [1.82, 2.24) is 14.7 Å². The van der Waals surface area contributed by atoms with E-state index >= 15 is 0 Å². The Labute approximate surface area is 228 Å². The number of amides is 1. The van der Waals surface area contributed by atoms with Gasteiger partial charge in [0, 0.05) is 37.4 Å². The highest BCUT2D eigenvalue weighted by Gasteiger charge is 2.31. The number of anilines is 1. The van der Waals surface area contributed by atoms with E-state index in [4.69, 9.17) is 9.47 Å². The summed E-state index contributed by atoms with van der Waals surface area (Å²) in [4.78, 5) is 34.3. The second kappa shape index (κ2) is 12.6. The first-order chi connectivity index (χ1) is 18.2. The molecule has 2 N–H and O–H groups in total. The summed E-state index contributed by atoms with van der Waals surface area (Å²) in [6, 6.07) is 1.36. The number of carbonyl (C=O) groups excluding carboxylic acids is 2. The van der Waals surface area contributed by atoms with Crippen molar-refractivity contribution >= 4 is 38.4 Å². The second-order valence-electron chi connectivity index (χ2n) is 9.97. The smallest absolute Gasteiger partial charge is 0.308 e. The third-order valence-corrected chi connectivity index (χ3v) is 9.88. The van der Waals surface area contributed by atoms with Crippen LogP contribution < -0.4 is 10.0 Å². The van der Waals surface area contributed by atoms with Crippen LogP contribution in [-0.4, -0.2) is 56.1 Å². The minimum atomic E-state index is -3.83. The molecule has 38 heavy (non-hydrogen) atoms. The van der Waals surface area contributed by atoms with Crippen LogP contribution in [0.4, 0.5) is 5.13 Å². The number of sulfonamides is 1. The fraction of sp³-hybridized carbons (Fsp3) is 0.615. The Kier molecular flexibility index (Phi) is 9.50. The van der Waals surface area contributed by atoms with Crippen LogP contribution in [0.15, 0.2) is 17.2 Å². The van der Waals surface area contributed by atoms with Crippen molar-refractivity contribution in [1.29, 1.82) is 0 Å². The zero-order valence-corrected chi connectivity index (χ0v) is 23.8. The summed E-state index contributed by atoms with van der Waals surface area (Å²) in [7, 11) is -3.83. The molecule has 0 unspecified atom stereocenters. The van der Waals surface area contributed by atoms with Crippen molar-refractivity contribution in [3.63, 3.8) is 0 Å². The number of nitrogens with zero attached hydrogens (tertiary/aromatic N) is 2. The second-order valence-corrected chi connectivity index (χ2v) is 12.7. The fourth-order valence-corrected chi connectivity index (χ4v) is 7.49. The van der Waals surface area contributed by atoms with E-state index in [9.17, 15) is 18.0 Å². The molecular formula is C26H36N4O6S2. The number of thiazole rings is 1. The highest BCUT2D eigenvalue weighted by Crippen LogP contribution is 2.35. The summed E-state index contributed by atoms with van der Waals surface area (Å²) in [5.41, 5.74) is 1.71. The molecule has 2 aromatic heterocycles. The average Bonchev–Trinajstić information content (AvgIpc) is 3.24. The quantitative estimate of drug-likeness (QED) is 0.437. The van der Waals surface area contributed by atoms with Gasteiger partial charge in [0.2, 0.25) is 15.9 Å². The van der Waals surface area contributed by atoms with Crippen LogP contribution in [0.2, 0.25) is 0 Å². The minimum Gasteiger partial charge on any atom is -0.466 e. The van der Waals surface area contributed by atoms with Crippen LogP contribution in [0, 0.1) is 25.7 Å². The first-order valence-corrected chi connectivity index (χ1v) is 15.5. The van der Waals surface area contributed by atoms with Gasteiger partial charge < -0.3 is 14.8 Å². The third-order valence-electron chi connectivity index (χ3n) is 7.12. The molecule has 1 saturated carbocycles. The van der Waals surface area contributed by atoms with E-state index in [1.807, 2.05) is 6.92 Å². The van der Waals surface area contributed by atoms with Crippen molar-refractivity contribution < 1.29 is 27.5 Å². The van der Waals surface area contributed by atoms with E-state index in [-0.39, 0.29) is 28.7 Å². The molecule has 0 radical (unpaired) electrons. The first kappa shape index (κ1) is 28.6. The van der Waals surface area contributed by atoms with Gasteiger partial charge >= 0.3 is 5.97 Å². The fourth-order valence-electron chi connectivity index (χ4n) is 5.00. The lowest BCUT2D eigenvalue weighted by Crippen LogP contribution is -2.39. The lowest BCUT2D eigenvalue weighted by Gasteiger charge is -2.27. The molecule has 4 rings (SSSR count). The monoisotopic (exact) mass is 564 g/mol. The molecule has 0 aromatic carbocycles. The SMILES string of the molecule is CCOC(=O)[C@H]1CC[C@H](NS(=O)(=O)c2cc(-c3sc(NC(=O)CC4CCOCC4)nc3C)cnc2C)CC1. The Balaban J connectivity index is 1.43. The number of hydrogen-bond donors (Lipinski definition) is 2. The van der Waals surface area contributed by atoms with Crippen LogP contribution >= 0.6 is 11.3 Å². The van der Waals surface area contributed by atoms with Crippen molar-refractivity contribution in [3.8, 4) is 10.4 Å². The highest BCUT2D eigenvalue weighted by atomic mass is 32.2. The molecule has 3 heterocycles. The summed E-state index contributed by atoms with van der Waals surface area (Å²) >= 11 is 1.30. The highest BCUT2D eigenvalue weighted by molar-refractivity contribution is 7.89. The van der Waals surface area contributed by atoms with Crippen molar-refractivity contribution in [2.45, 2.75) is 76.7 Å². The minimum absolute atomic E-state index is 0.0793. The molecule has 1 amide bonds. The maximum Gasteiger partial charge on any atom is 0.308 e. The van der Waals surface area contributed by atoms with Gasteiger partial charge in [-0.1, -0.05) is 11.3 Å². The number of nitrogens with one attached hydrogen (secondary N) is 2. The van der Waals surface area contributed by atoms with E-state index in [0.29, 0.717) is 79.9 Å². The number of aryl methyl sites for hydroxylation is 2. The predicted octanol–water partition coefficient (Wildman–Crippen LogP) is 3.98.